The van der Waals surface area contributed by atoms with E-state index in [0.717, 1.165) is 18.4 Å². The van der Waals surface area contributed by atoms with Gasteiger partial charge in [-0.15, -0.1) is 20.4 Å². The highest BCUT2D eigenvalue weighted by atomic mass is 16.7. The van der Waals surface area contributed by atoms with Crippen LogP contribution < -0.4 is 26.0 Å². The van der Waals surface area contributed by atoms with Gasteiger partial charge in [0.2, 0.25) is 23.5 Å². The van der Waals surface area contributed by atoms with Gasteiger partial charge in [0.15, 0.2) is 29.8 Å². The number of aromatic nitrogens is 4. The normalized spacial score (nSPS) is 31.4. The number of hydrogen-bond acceptors (Lipinski definition) is 17. The summed E-state index contributed by atoms with van der Waals surface area (Å²) in [5.41, 5.74) is 0.308. The summed E-state index contributed by atoms with van der Waals surface area (Å²) < 4.78 is 25.4. The molecule has 10 atom stereocenters. The maximum atomic E-state index is 14.0. The quantitative estimate of drug-likeness (QED) is 0.0693. The number of ether oxygens (including phenoxy) is 4. The Morgan fingerprint density at radius 1 is 0.900 bits per heavy atom. The molecule has 2 heterocycles. The van der Waals surface area contributed by atoms with Crippen molar-refractivity contribution in [3.8, 4) is 17.1 Å². The number of rotatable bonds is 19. The number of alkyl carbamates (subject to hydrolysis) is 1. The molecular formula is C58H62N8O14. The van der Waals surface area contributed by atoms with Crippen LogP contribution in [0.4, 0.5) is 10.5 Å². The Labute approximate surface area is 459 Å². The van der Waals surface area contributed by atoms with Crippen molar-refractivity contribution in [2.24, 2.45) is 28.6 Å². The zero-order valence-corrected chi connectivity index (χ0v) is 44.1. The highest BCUT2D eigenvalue weighted by molar-refractivity contribution is 6.01. The number of carbonyl (C=O) groups excluding carboxylic acids is 6. The lowest BCUT2D eigenvalue weighted by molar-refractivity contribution is -0.201. The van der Waals surface area contributed by atoms with Gasteiger partial charge in [-0.2, -0.15) is 0 Å². The Kier molecular flexibility index (Phi) is 14.2. The minimum absolute atomic E-state index is 0.0224. The van der Waals surface area contributed by atoms with Gasteiger partial charge in [-0.1, -0.05) is 74.0 Å². The lowest BCUT2D eigenvalue weighted by Crippen LogP contribution is -2.80. The van der Waals surface area contributed by atoms with E-state index >= 15 is 0 Å². The lowest BCUT2D eigenvalue weighted by Gasteiger charge is -2.68. The molecule has 0 unspecified atom stereocenters. The number of benzene rings is 3. The third-order valence-electron chi connectivity index (χ3n) is 18.0. The van der Waals surface area contributed by atoms with Gasteiger partial charge in [0.05, 0.1) is 30.7 Å². The molecule has 6 saturated carbocycles. The molecule has 4 amide bonds. The number of aliphatic carboxylic acids is 1. The molecule has 0 radical (unpaired) electrons. The van der Waals surface area contributed by atoms with Crippen molar-refractivity contribution in [2.45, 2.75) is 126 Å². The van der Waals surface area contributed by atoms with Crippen LogP contribution in [-0.4, -0.2) is 125 Å². The van der Waals surface area contributed by atoms with Gasteiger partial charge in [-0.25, -0.2) is 4.79 Å². The van der Waals surface area contributed by atoms with Crippen LogP contribution in [0.15, 0.2) is 103 Å². The predicted octanol–water partition coefficient (Wildman–Crippen LogP) is 4.16. The average molecular weight is 1100 g/mol. The molecule has 22 nitrogen and oxygen atoms in total. The van der Waals surface area contributed by atoms with Crippen molar-refractivity contribution in [1.82, 2.24) is 36.3 Å². The standard InChI is InChI=1S/C58H62N8O14/c1-54-20-19-38(68)22-36(54)11-16-40-41-23-45-58(44(70)26-67,55(41,2)24-43(69)49(40)54)80-52(78-45)35-9-14-39(15-10-35)79-57-28-56(29-57,30-57)64-53(76)77-27-33-5-12-37(13-6-33)62-51(75)42(17-18-48(73)74)63-47(72)25-59-46(71)21-32-3-7-34(8-4-32)50-65-60-31-61-66-50/h3-10,12-15,19-20,22,31,40-43,45,49,52,67,69H,11,16-18,21,23-30H2,1-2H3,(H,59,71)(H,62,75)(H,63,72)(H,64,76)(H,73,74)/t40-,41-,42-,43-,45+,49+,52+,54-,55-,56?,57?,58+/m0/s1. The van der Waals surface area contributed by atoms with E-state index in [9.17, 15) is 48.9 Å². The minimum atomic E-state index is -1.47. The van der Waals surface area contributed by atoms with Crippen molar-refractivity contribution < 1.29 is 67.8 Å². The number of Topliss-reactive ketones (excluding diaryl/α,β-unsaturated/α-hetero) is 1. The number of allylic oxidation sites excluding steroid dienone is 4. The maximum Gasteiger partial charge on any atom is 0.407 e. The molecule has 7 N–H and O–H groups in total. The van der Waals surface area contributed by atoms with E-state index in [1.54, 1.807) is 60.7 Å². The van der Waals surface area contributed by atoms with E-state index in [2.05, 4.69) is 48.6 Å². The summed E-state index contributed by atoms with van der Waals surface area (Å²) in [7, 11) is 0. The second kappa shape index (κ2) is 21.0. The van der Waals surface area contributed by atoms with Crippen LogP contribution in [0.5, 0.6) is 5.75 Å². The number of aliphatic hydroxyl groups excluding tert-OH is 2. The summed E-state index contributed by atoms with van der Waals surface area (Å²) >= 11 is 0. The van der Waals surface area contributed by atoms with Crippen LogP contribution in [0, 0.1) is 28.6 Å². The van der Waals surface area contributed by atoms with E-state index in [4.69, 9.17) is 18.9 Å². The van der Waals surface area contributed by atoms with E-state index in [1.165, 1.54) is 6.33 Å². The second-order valence-electron chi connectivity index (χ2n) is 23.0. The molecule has 1 aliphatic heterocycles. The van der Waals surface area contributed by atoms with Gasteiger partial charge in [-0.3, -0.25) is 28.8 Å². The van der Waals surface area contributed by atoms with Crippen LogP contribution in [0.25, 0.3) is 11.4 Å². The molecule has 1 aromatic heterocycles. The van der Waals surface area contributed by atoms with E-state index in [-0.39, 0.29) is 49.4 Å². The fourth-order valence-electron chi connectivity index (χ4n) is 14.3. The number of carbonyl (C=O) groups is 7. The number of nitrogens with one attached hydrogen (secondary N) is 4. The average Bonchev–Trinajstić information content (AvgIpc) is 4.07. The molecule has 3 aromatic carbocycles. The van der Waals surface area contributed by atoms with Crippen LogP contribution in [0.2, 0.25) is 0 Å². The van der Waals surface area contributed by atoms with Crippen molar-refractivity contribution in [1.29, 1.82) is 0 Å². The lowest BCUT2D eigenvalue weighted by atomic mass is 9.46. The summed E-state index contributed by atoms with van der Waals surface area (Å²) in [6, 6.07) is 19.4. The van der Waals surface area contributed by atoms with Gasteiger partial charge in [0, 0.05) is 59.2 Å². The Bertz CT molecular complexity index is 3160. The number of carboxylic acids is 1. The van der Waals surface area contributed by atoms with Gasteiger partial charge in [-0.05, 0) is 91.5 Å². The third-order valence-corrected chi connectivity index (χ3v) is 18.0. The van der Waals surface area contributed by atoms with Crippen LogP contribution >= 0.6 is 0 Å². The third kappa shape index (κ3) is 10.0. The highest BCUT2D eigenvalue weighted by Crippen LogP contribution is 2.70. The fraction of sp³-hybridized carbons (Fsp3) is 0.466. The first kappa shape index (κ1) is 54.2. The first-order valence-electron chi connectivity index (χ1n) is 26.9. The first-order valence-corrected chi connectivity index (χ1v) is 26.9. The molecule has 7 aliphatic carbocycles. The topological polar surface area (TPSA) is 317 Å². The number of aliphatic hydroxyl groups is 2. The summed E-state index contributed by atoms with van der Waals surface area (Å²) in [6.07, 6.45) is 6.95. The van der Waals surface area contributed by atoms with E-state index in [0.29, 0.717) is 65.2 Å². The molecule has 12 rings (SSSR count). The number of nitrogens with zero attached hydrogens (tertiary/aromatic N) is 4. The van der Waals surface area contributed by atoms with Gasteiger partial charge in [0.1, 0.15) is 30.6 Å². The minimum Gasteiger partial charge on any atom is -0.487 e. The first-order chi connectivity index (χ1) is 38.3. The van der Waals surface area contributed by atoms with E-state index in [1.807, 2.05) is 37.3 Å². The highest BCUT2D eigenvalue weighted by Gasteiger charge is 2.76. The summed E-state index contributed by atoms with van der Waals surface area (Å²) in [6.45, 7) is 2.86. The largest absolute Gasteiger partial charge is 0.487 e. The van der Waals surface area contributed by atoms with Crippen molar-refractivity contribution >= 4 is 47.0 Å². The number of fused-ring (bicyclic) bond motifs is 7. The van der Waals surface area contributed by atoms with Crippen molar-refractivity contribution in [3.05, 3.63) is 120 Å². The molecule has 1 saturated heterocycles. The smallest absolute Gasteiger partial charge is 0.407 e. The number of anilines is 1. The van der Waals surface area contributed by atoms with Crippen molar-refractivity contribution in [3.63, 3.8) is 0 Å². The molecule has 80 heavy (non-hydrogen) atoms. The van der Waals surface area contributed by atoms with Gasteiger partial charge < -0.3 is 55.5 Å². The zero-order chi connectivity index (χ0) is 56.2. The molecule has 418 valence electrons. The Hall–Kier alpha value is -7.79. The second-order valence-corrected chi connectivity index (χ2v) is 23.0. The zero-order valence-electron chi connectivity index (χ0n) is 44.1. The Morgan fingerprint density at radius 2 is 1.61 bits per heavy atom. The number of amides is 4. The monoisotopic (exact) mass is 1090 g/mol. The van der Waals surface area contributed by atoms with Crippen LogP contribution in [-0.2, 0) is 56.0 Å². The van der Waals surface area contributed by atoms with Gasteiger partial charge in [0.25, 0.3) is 0 Å². The molecule has 2 bridgehead atoms. The molecule has 0 spiro atoms. The fourth-order valence-corrected chi connectivity index (χ4v) is 14.3. The Morgan fingerprint density at radius 3 is 2.31 bits per heavy atom. The maximum absolute atomic E-state index is 14.0. The summed E-state index contributed by atoms with van der Waals surface area (Å²) in [4.78, 5) is 89.4. The molecule has 8 aliphatic rings. The van der Waals surface area contributed by atoms with Crippen LogP contribution in [0.1, 0.15) is 94.6 Å². The van der Waals surface area contributed by atoms with Gasteiger partial charge >= 0.3 is 12.1 Å². The summed E-state index contributed by atoms with van der Waals surface area (Å²) in [5, 5.41) is 57.5. The number of hydrogen-bond donors (Lipinski definition) is 7. The van der Waals surface area contributed by atoms with Crippen molar-refractivity contribution in [2.75, 3.05) is 18.5 Å². The molecule has 4 aromatic rings. The number of ketones is 2. The van der Waals surface area contributed by atoms with Crippen LogP contribution in [0.3, 0.4) is 0 Å². The van der Waals surface area contributed by atoms with E-state index < -0.39 is 107 Å². The molecule has 7 fully saturated rings. The predicted molar refractivity (Wildman–Crippen MR) is 280 cm³/mol. The Balaban J connectivity index is 0.619. The SMILES string of the molecule is C[C@]12C=CC(=O)C=C1CC[C@@H]1[C@@H]2[C@@H](O)C[C@@]2(C)[C@H]1C[C@H]1O[C@@H](c3ccc(OC45CC(NC(=O)OCc6ccc(NC(=O)[C@H](CCC(=O)O)NC(=O)CNC(=O)Cc7ccc(-c8nncnn8)cc7)cc6)(C4)C5)cc3)O[C@]12C(=O)CO. The number of carboxylic acid groups (broad SMARTS) is 1. The molecule has 22 heteroatoms. The molecular weight excluding hydrogens is 1030 g/mol. The summed E-state index contributed by atoms with van der Waals surface area (Å²) in [5.74, 6) is -2.65.